The molecule has 0 N–H and O–H groups in total. The molecule has 0 amide bonds. The van der Waals surface area contributed by atoms with E-state index in [1.807, 2.05) is 30.3 Å². The van der Waals surface area contributed by atoms with E-state index in [4.69, 9.17) is 9.47 Å². The zero-order valence-electron chi connectivity index (χ0n) is 12.4. The minimum atomic E-state index is -1.10. The summed E-state index contributed by atoms with van der Waals surface area (Å²) in [6.07, 6.45) is 0. The number of cyclic esters (lactones) is 1. The van der Waals surface area contributed by atoms with E-state index in [0.29, 0.717) is 11.1 Å². The highest BCUT2D eigenvalue weighted by atomic mass is 16.6. The molecule has 2 aromatic carbocycles. The Bertz CT molecular complexity index is 723. The van der Waals surface area contributed by atoms with Crippen LogP contribution in [-0.4, -0.2) is 19.0 Å². The number of carbonyl (C=O) groups excluding carboxylic acids is 2. The number of hydrogen-bond donors (Lipinski definition) is 0. The van der Waals surface area contributed by atoms with Crippen molar-refractivity contribution >= 4 is 11.9 Å². The summed E-state index contributed by atoms with van der Waals surface area (Å²) in [4.78, 5) is 24.8. The predicted molar refractivity (Wildman–Crippen MR) is 80.4 cm³/mol. The molecule has 0 bridgehead atoms. The van der Waals surface area contributed by atoms with Crippen molar-refractivity contribution in [1.82, 2.24) is 0 Å². The van der Waals surface area contributed by atoms with Crippen molar-refractivity contribution in [3.05, 3.63) is 71.3 Å². The summed E-state index contributed by atoms with van der Waals surface area (Å²) in [5.41, 5.74) is 0.705. The molecule has 2 aromatic rings. The highest BCUT2D eigenvalue weighted by Gasteiger charge is 2.50. The molecule has 4 heteroatoms. The molecule has 22 heavy (non-hydrogen) atoms. The van der Waals surface area contributed by atoms with Gasteiger partial charge in [-0.05, 0) is 24.1 Å². The fourth-order valence-corrected chi connectivity index (χ4v) is 3.00. The minimum Gasteiger partial charge on any atom is -0.468 e. The van der Waals surface area contributed by atoms with Crippen LogP contribution >= 0.6 is 0 Å². The lowest BCUT2D eigenvalue weighted by Gasteiger charge is -2.40. The van der Waals surface area contributed by atoms with Crippen molar-refractivity contribution in [2.45, 2.75) is 18.4 Å². The Hall–Kier alpha value is -2.62. The van der Waals surface area contributed by atoms with Gasteiger partial charge in [0, 0.05) is 0 Å². The van der Waals surface area contributed by atoms with Gasteiger partial charge in [0.2, 0.25) is 0 Å². The van der Waals surface area contributed by atoms with Crippen LogP contribution in [-0.2, 0) is 19.9 Å². The molecule has 0 fully saturated rings. The van der Waals surface area contributed by atoms with Crippen LogP contribution < -0.4 is 0 Å². The Labute approximate surface area is 128 Å². The Morgan fingerprint density at radius 2 is 1.73 bits per heavy atom. The number of methoxy groups -OCH3 is 1. The van der Waals surface area contributed by atoms with Crippen LogP contribution in [0.15, 0.2) is 54.6 Å². The van der Waals surface area contributed by atoms with E-state index >= 15 is 0 Å². The third kappa shape index (κ3) is 2.08. The Balaban J connectivity index is 2.23. The maximum atomic E-state index is 12.4. The van der Waals surface area contributed by atoms with Crippen molar-refractivity contribution in [3.8, 4) is 0 Å². The van der Waals surface area contributed by atoms with Crippen LogP contribution in [0.4, 0.5) is 0 Å². The van der Waals surface area contributed by atoms with Crippen LogP contribution in [0.2, 0.25) is 0 Å². The quantitative estimate of drug-likeness (QED) is 0.799. The lowest BCUT2D eigenvalue weighted by Crippen LogP contribution is -2.44. The maximum absolute atomic E-state index is 12.4. The summed E-state index contributed by atoms with van der Waals surface area (Å²) in [5.74, 6) is -1.55. The molecular weight excluding hydrogens is 280 g/mol. The standard InChI is InChI=1S/C18H16O4/c1-18(12-8-4-3-5-9-12)15(17(20)21-2)13-10-6-7-11-14(13)16(19)22-18/h3-11,15H,1-2H3. The first kappa shape index (κ1) is 14.3. The lowest BCUT2D eigenvalue weighted by atomic mass is 9.75. The SMILES string of the molecule is COC(=O)C1c2ccccc2C(=O)OC1(C)c1ccccc1. The second-order valence-electron chi connectivity index (χ2n) is 5.41. The van der Waals surface area contributed by atoms with E-state index in [0.717, 1.165) is 5.56 Å². The zero-order valence-corrected chi connectivity index (χ0v) is 12.4. The number of ether oxygens (including phenoxy) is 2. The van der Waals surface area contributed by atoms with Crippen molar-refractivity contribution in [2.24, 2.45) is 0 Å². The number of benzene rings is 2. The fraction of sp³-hybridized carbons (Fsp3) is 0.222. The van der Waals surface area contributed by atoms with Crippen molar-refractivity contribution in [1.29, 1.82) is 0 Å². The summed E-state index contributed by atoms with van der Waals surface area (Å²) in [6, 6.07) is 16.3. The lowest BCUT2D eigenvalue weighted by molar-refractivity contribution is -0.150. The van der Waals surface area contributed by atoms with Gasteiger partial charge in [-0.15, -0.1) is 0 Å². The molecule has 0 aliphatic carbocycles. The molecule has 4 nitrogen and oxygen atoms in total. The van der Waals surface area contributed by atoms with Gasteiger partial charge in [-0.3, -0.25) is 4.79 Å². The summed E-state index contributed by atoms with van der Waals surface area (Å²) >= 11 is 0. The van der Waals surface area contributed by atoms with Gasteiger partial charge in [0.25, 0.3) is 0 Å². The summed E-state index contributed by atoms with van der Waals surface area (Å²) in [6.45, 7) is 1.75. The topological polar surface area (TPSA) is 52.6 Å². The first-order chi connectivity index (χ1) is 10.6. The highest BCUT2D eigenvalue weighted by Crippen LogP contribution is 2.46. The molecule has 1 heterocycles. The van der Waals surface area contributed by atoms with E-state index in [1.54, 1.807) is 31.2 Å². The molecule has 112 valence electrons. The van der Waals surface area contributed by atoms with Gasteiger partial charge >= 0.3 is 11.9 Å². The molecule has 2 atom stereocenters. The Morgan fingerprint density at radius 1 is 1.09 bits per heavy atom. The van der Waals surface area contributed by atoms with Gasteiger partial charge in [-0.1, -0.05) is 48.5 Å². The van der Waals surface area contributed by atoms with E-state index in [1.165, 1.54) is 7.11 Å². The molecule has 0 saturated carbocycles. The zero-order chi connectivity index (χ0) is 15.7. The summed E-state index contributed by atoms with van der Waals surface area (Å²) in [7, 11) is 1.34. The molecule has 2 unspecified atom stereocenters. The summed E-state index contributed by atoms with van der Waals surface area (Å²) in [5, 5.41) is 0. The van der Waals surface area contributed by atoms with Gasteiger partial charge in [-0.25, -0.2) is 4.79 Å². The molecule has 3 rings (SSSR count). The second-order valence-corrected chi connectivity index (χ2v) is 5.41. The van der Waals surface area contributed by atoms with Gasteiger partial charge in [0.05, 0.1) is 12.7 Å². The Kier molecular flexibility index (Phi) is 3.45. The predicted octanol–water partition coefficient (Wildman–Crippen LogP) is 3.03. The molecule has 0 saturated heterocycles. The minimum absolute atomic E-state index is 0.409. The van der Waals surface area contributed by atoms with Gasteiger partial charge in [0.1, 0.15) is 5.92 Å². The Morgan fingerprint density at radius 3 is 2.41 bits per heavy atom. The van der Waals surface area contributed by atoms with Crippen molar-refractivity contribution in [3.63, 3.8) is 0 Å². The number of rotatable bonds is 2. The van der Waals surface area contributed by atoms with E-state index < -0.39 is 23.5 Å². The number of hydrogen-bond acceptors (Lipinski definition) is 4. The van der Waals surface area contributed by atoms with Crippen LogP contribution in [0.25, 0.3) is 0 Å². The van der Waals surface area contributed by atoms with E-state index in [-0.39, 0.29) is 0 Å². The number of esters is 2. The molecule has 0 aromatic heterocycles. The first-order valence-electron chi connectivity index (χ1n) is 7.03. The van der Waals surface area contributed by atoms with Gasteiger partial charge < -0.3 is 9.47 Å². The normalized spacial score (nSPS) is 23.4. The smallest absolute Gasteiger partial charge is 0.339 e. The average Bonchev–Trinajstić information content (AvgIpc) is 2.55. The number of fused-ring (bicyclic) bond motifs is 1. The maximum Gasteiger partial charge on any atom is 0.339 e. The second kappa shape index (κ2) is 5.30. The van der Waals surface area contributed by atoms with Crippen LogP contribution in [0.1, 0.15) is 34.3 Å². The molecular formula is C18H16O4. The van der Waals surface area contributed by atoms with E-state index in [9.17, 15) is 9.59 Å². The molecule has 1 aliphatic heterocycles. The fourth-order valence-electron chi connectivity index (χ4n) is 3.00. The average molecular weight is 296 g/mol. The van der Waals surface area contributed by atoms with Crippen LogP contribution in [0.5, 0.6) is 0 Å². The largest absolute Gasteiger partial charge is 0.468 e. The monoisotopic (exact) mass is 296 g/mol. The molecule has 0 radical (unpaired) electrons. The molecule has 0 spiro atoms. The number of carbonyl (C=O) groups is 2. The van der Waals surface area contributed by atoms with Crippen molar-refractivity contribution < 1.29 is 19.1 Å². The van der Waals surface area contributed by atoms with Crippen LogP contribution in [0, 0.1) is 0 Å². The molecule has 1 aliphatic rings. The first-order valence-corrected chi connectivity index (χ1v) is 7.03. The van der Waals surface area contributed by atoms with E-state index in [2.05, 4.69) is 0 Å². The third-order valence-electron chi connectivity index (χ3n) is 4.13. The van der Waals surface area contributed by atoms with Crippen molar-refractivity contribution in [2.75, 3.05) is 7.11 Å². The third-order valence-corrected chi connectivity index (χ3v) is 4.13. The van der Waals surface area contributed by atoms with Gasteiger partial charge in [0.15, 0.2) is 5.60 Å². The van der Waals surface area contributed by atoms with Crippen LogP contribution in [0.3, 0.4) is 0 Å². The van der Waals surface area contributed by atoms with Gasteiger partial charge in [-0.2, -0.15) is 0 Å². The highest BCUT2D eigenvalue weighted by molar-refractivity contribution is 5.97. The summed E-state index contributed by atoms with van der Waals surface area (Å²) < 4.78 is 10.7.